The monoisotopic (exact) mass is 1600 g/mol. The van der Waals surface area contributed by atoms with Crippen LogP contribution in [0.25, 0.3) is 0 Å². The van der Waals surface area contributed by atoms with Crippen LogP contribution in [0.15, 0.2) is 0 Å². The van der Waals surface area contributed by atoms with Gasteiger partial charge in [-0.15, -0.1) is 0 Å². The Morgan fingerprint density at radius 3 is 0.854 bits per heavy atom. The zero-order valence-electron chi connectivity index (χ0n) is 53.5. The molecule has 604 valence electrons. The smallest absolute Gasteiger partial charge is 0.388 e. The van der Waals surface area contributed by atoms with Crippen LogP contribution < -0.4 is 28.7 Å². The molecule has 8 heterocycles. The second kappa shape index (κ2) is 37.0. The minimum atomic E-state index is -5.36. The minimum absolute atomic E-state index is 0.143. The third kappa shape index (κ3) is 22.9. The van der Waals surface area contributed by atoms with Crippen LogP contribution in [-0.4, -0.2) is 405 Å². The van der Waals surface area contributed by atoms with Crippen molar-refractivity contribution in [2.45, 2.75) is 240 Å². The molecule has 8 aliphatic rings. The number of aliphatic hydroxyl groups is 13. The van der Waals surface area contributed by atoms with Crippen molar-refractivity contribution >= 4 is 41.6 Å². The van der Waals surface area contributed by atoms with Crippen LogP contribution in [0.4, 0.5) is 0 Å². The summed E-state index contributed by atoms with van der Waals surface area (Å²) in [5.74, 6) is 0. The van der Waals surface area contributed by atoms with Gasteiger partial charge in [-0.05, 0) is 25.8 Å². The van der Waals surface area contributed by atoms with Gasteiger partial charge >= 0.3 is 41.6 Å². The maximum Gasteiger partial charge on any atom is 0.397 e. The van der Waals surface area contributed by atoms with E-state index in [9.17, 15) is 114 Å². The van der Waals surface area contributed by atoms with Crippen LogP contribution in [0.3, 0.4) is 0 Å². The molecule has 50 nitrogen and oxygen atoms in total. The van der Waals surface area contributed by atoms with Crippen molar-refractivity contribution in [2.24, 2.45) is 28.7 Å². The molecule has 0 amide bonds. The topological polar surface area (TPSA) is 795 Å². The summed E-state index contributed by atoms with van der Waals surface area (Å²) >= 11 is 0. The van der Waals surface area contributed by atoms with Gasteiger partial charge in [0.1, 0.15) is 146 Å². The number of unbranched alkanes of at least 4 members (excludes halogenated alkanes) is 2. The molecule has 12 unspecified atom stereocenters. The molecular weight excluding hydrogens is 1510 g/mol. The van der Waals surface area contributed by atoms with E-state index < -0.39 is 315 Å². The van der Waals surface area contributed by atoms with Crippen LogP contribution in [0.2, 0.25) is 0 Å². The lowest BCUT2D eigenvalue weighted by atomic mass is 9.96. The summed E-state index contributed by atoms with van der Waals surface area (Å²) in [4.78, 5) is 0. The first-order valence-electron chi connectivity index (χ1n) is 31.4. The van der Waals surface area contributed by atoms with Crippen molar-refractivity contribution in [1.29, 1.82) is 0 Å². The zero-order valence-corrected chi connectivity index (χ0v) is 56.8. The van der Waals surface area contributed by atoms with Crippen molar-refractivity contribution < 1.29 is 211 Å². The molecule has 0 aliphatic carbocycles. The lowest BCUT2D eigenvalue weighted by molar-refractivity contribution is -0.369. The lowest BCUT2D eigenvalue weighted by Gasteiger charge is -2.48. The maximum atomic E-state index is 11.8. The quantitative estimate of drug-likeness (QED) is 0.0220. The Kier molecular flexibility index (Phi) is 31.1. The van der Waals surface area contributed by atoms with E-state index >= 15 is 0 Å². The Bertz CT molecular complexity index is 3120. The summed E-state index contributed by atoms with van der Waals surface area (Å²) in [6.07, 6.45) is -59.2. The highest BCUT2D eigenvalue weighted by Gasteiger charge is 2.57. The molecule has 0 spiro atoms. The summed E-state index contributed by atoms with van der Waals surface area (Å²) in [5.41, 5.74) is 30.3. The van der Waals surface area contributed by atoms with Crippen molar-refractivity contribution in [2.75, 3.05) is 66.0 Å². The van der Waals surface area contributed by atoms with Crippen LogP contribution in [0.5, 0.6) is 0 Å². The van der Waals surface area contributed by atoms with Gasteiger partial charge in [-0.2, -0.15) is 33.7 Å². The predicted molar refractivity (Wildman–Crippen MR) is 317 cm³/mol. The number of rotatable bonds is 32. The first-order valence-corrected chi connectivity index (χ1v) is 36.9. The summed E-state index contributed by atoms with van der Waals surface area (Å²) in [5, 5.41) is 145. The van der Waals surface area contributed by atoms with Crippen LogP contribution in [0, 0.1) is 0 Å². The van der Waals surface area contributed by atoms with Gasteiger partial charge in [-0.3, -0.25) is 18.2 Å². The van der Waals surface area contributed by atoms with E-state index in [-0.39, 0.29) is 6.61 Å². The fourth-order valence-electron chi connectivity index (χ4n) is 11.8. The van der Waals surface area contributed by atoms with Crippen molar-refractivity contribution in [3.63, 3.8) is 0 Å². The Balaban J connectivity index is 0.860. The van der Waals surface area contributed by atoms with Crippen LogP contribution in [-0.2, 0) is 134 Å². The lowest BCUT2D eigenvalue weighted by Crippen LogP contribution is -2.68. The predicted octanol–water partition coefficient (Wildman–Crippen LogP) is -15.6. The van der Waals surface area contributed by atoms with E-state index in [1.165, 1.54) is 0 Å². The summed E-state index contributed by atoms with van der Waals surface area (Å²) < 4.78 is 238. The Morgan fingerprint density at radius 2 is 0.563 bits per heavy atom. The second-order valence-corrected chi connectivity index (χ2v) is 29.1. The highest BCUT2D eigenvalue weighted by Crippen LogP contribution is 2.36. The number of ether oxygens (including phenoxy) is 16. The fourth-order valence-corrected chi connectivity index (χ4v) is 13.0. The molecule has 8 saturated heterocycles. The average molecular weight is 1600 g/mol. The number of nitrogens with two attached hydrogens (primary N) is 5. The SMILES string of the molecule is NCCCCCO[C@@H]1OC[C@@H](O[C@H]2OC(COS(=O)(=O)O)[C@@H](O[C@@H]3OC[C@@H](O[C@H]4OC(COS(=O)(=O)O)[C@@H](O[C@@H]5OC[C@@H](O[C@H]6OC(COS(=O)(=O)O)[C@@H](O[C@@H]7OC[C@@H](O[C@H]8OC(COS(=O)(=O)O)[C@@H](O)[C@H](O)C8N)[C@@H](O)C7O)[C@H](O)C6N)[C@@H](O)C5O)[C@H](O)C4N)[C@@H](O)C3O)[C@H](O)C2N)[C@@H](O)C1O. The molecule has 54 heteroatoms. The van der Waals surface area contributed by atoms with Gasteiger partial charge in [0.25, 0.3) is 0 Å². The normalized spacial score (nSPS) is 45.7. The summed E-state index contributed by atoms with van der Waals surface area (Å²) in [6.45, 7) is -6.99. The first-order chi connectivity index (χ1) is 48.1. The van der Waals surface area contributed by atoms with E-state index in [4.69, 9.17) is 109 Å². The Labute approximate surface area is 585 Å². The molecule has 0 bridgehead atoms. The standard InChI is InChI=1S/C49H89N5O45S4/c50-4-2-1-3-5-80-46-35(64)27(56)14(6-81-46)90-43-23(52)32(61)39(19(94-43)11-86-101(71,72)73)98-48-37(66)29(58)16(8-83-48)92-45-25(54)34(63)41(21(96-45)13-88-103(77,78)79)99-49-38(67)30(59)17(9-84-49)91-44-24(53)33(62)40(20(95-44)12-87-102(74,75)76)97-47-36(65)28(57)15(7-82-47)89-42-22(51)31(60)26(55)18(93-42)10-85-100(68,69)70/h14-49,55-67H,1-13,50-54H2,(H,68,69,70)(H,71,72,73)(H,74,75,76)(H,77,78,79)/t14-,15-,16-,17-,18?,19?,20?,21?,22?,23?,24?,25?,26-,27-,28-,29-,30-,31-,32-,33-,34-,35?,36?,37?,38?,39-,40-,41-,42+,43+,44+,45+,46-,47+,48+,49+/m1/s1. The van der Waals surface area contributed by atoms with E-state index in [2.05, 4.69) is 16.7 Å². The van der Waals surface area contributed by atoms with Crippen molar-refractivity contribution in [3.8, 4) is 0 Å². The van der Waals surface area contributed by atoms with Gasteiger partial charge < -0.3 is 171 Å². The minimum Gasteiger partial charge on any atom is -0.388 e. The molecule has 0 saturated carbocycles. The molecule has 8 aliphatic heterocycles. The molecule has 8 fully saturated rings. The third-order valence-corrected chi connectivity index (χ3v) is 19.1. The van der Waals surface area contributed by atoms with E-state index in [1.54, 1.807) is 0 Å². The number of aliphatic hydroxyl groups excluding tert-OH is 13. The molecular formula is C49H89N5O45S4. The van der Waals surface area contributed by atoms with Gasteiger partial charge in [-0.25, -0.2) is 16.7 Å². The van der Waals surface area contributed by atoms with E-state index in [1.807, 2.05) is 0 Å². The zero-order chi connectivity index (χ0) is 76.1. The molecule has 27 N–H and O–H groups in total. The summed E-state index contributed by atoms with van der Waals surface area (Å²) in [7, 11) is -21.0. The van der Waals surface area contributed by atoms with Gasteiger partial charge in [-0.1, -0.05) is 0 Å². The van der Waals surface area contributed by atoms with E-state index in [0.29, 0.717) is 25.8 Å². The highest BCUT2D eigenvalue weighted by atomic mass is 32.3. The highest BCUT2D eigenvalue weighted by molar-refractivity contribution is 7.81. The maximum absolute atomic E-state index is 11.8. The summed E-state index contributed by atoms with van der Waals surface area (Å²) in [6, 6.07) is -6.96. The van der Waals surface area contributed by atoms with Crippen LogP contribution in [0.1, 0.15) is 19.3 Å². The molecule has 36 atom stereocenters. The van der Waals surface area contributed by atoms with Gasteiger partial charge in [0, 0.05) is 6.61 Å². The molecule has 0 aromatic rings. The fraction of sp³-hybridized carbons (Fsp3) is 1.00. The Morgan fingerprint density at radius 1 is 0.301 bits per heavy atom. The molecule has 0 aromatic carbocycles. The third-order valence-electron chi connectivity index (χ3n) is 17.4. The first kappa shape index (κ1) is 86.7. The molecule has 103 heavy (non-hydrogen) atoms. The largest absolute Gasteiger partial charge is 0.397 e. The molecule has 0 aromatic heterocycles. The van der Waals surface area contributed by atoms with Gasteiger partial charge in [0.15, 0.2) is 50.3 Å². The van der Waals surface area contributed by atoms with Gasteiger partial charge in [0.2, 0.25) is 0 Å². The van der Waals surface area contributed by atoms with Gasteiger partial charge in [0.05, 0.1) is 77.0 Å². The van der Waals surface area contributed by atoms with Crippen molar-refractivity contribution in [1.82, 2.24) is 0 Å². The number of hydrogen-bond donors (Lipinski definition) is 22. The molecule has 0 radical (unpaired) electrons. The Hall–Kier alpha value is -1.88. The van der Waals surface area contributed by atoms with E-state index in [0.717, 1.165) is 0 Å². The van der Waals surface area contributed by atoms with Crippen molar-refractivity contribution in [3.05, 3.63) is 0 Å². The van der Waals surface area contributed by atoms with Crippen LogP contribution >= 0.6 is 0 Å². The number of hydrogen-bond acceptors (Lipinski definition) is 46. The second-order valence-electron chi connectivity index (χ2n) is 24.7. The molecule has 8 rings (SSSR count). The average Bonchev–Trinajstić information content (AvgIpc) is 0.787.